The van der Waals surface area contributed by atoms with Gasteiger partial charge < -0.3 is 19.7 Å². The van der Waals surface area contributed by atoms with Crippen molar-refractivity contribution in [3.8, 4) is 5.75 Å². The molecule has 0 atom stereocenters. The van der Waals surface area contributed by atoms with E-state index >= 15 is 0 Å². The van der Waals surface area contributed by atoms with Gasteiger partial charge >= 0.3 is 12.0 Å². The number of H-pyrrole nitrogens is 1. The molecule has 0 spiro atoms. The van der Waals surface area contributed by atoms with Crippen LogP contribution in [0.25, 0.3) is 10.9 Å². The Labute approximate surface area is 191 Å². The van der Waals surface area contributed by atoms with Gasteiger partial charge in [-0.25, -0.2) is 18.9 Å². The molecule has 1 fully saturated rings. The number of hydrogen-bond donors (Lipinski definition) is 2. The molecule has 8 nitrogen and oxygen atoms in total. The van der Waals surface area contributed by atoms with Crippen molar-refractivity contribution in [2.75, 3.05) is 24.7 Å². The van der Waals surface area contributed by atoms with E-state index in [1.807, 2.05) is 0 Å². The number of rotatable bonds is 7. The molecule has 4 rings (SSSR count). The van der Waals surface area contributed by atoms with Gasteiger partial charge in [0.2, 0.25) is 0 Å². The van der Waals surface area contributed by atoms with Crippen LogP contribution in [0.3, 0.4) is 0 Å². The third-order valence-corrected chi connectivity index (χ3v) is 5.46. The molecular formula is C21H16Cl2FN3O5. The van der Waals surface area contributed by atoms with Gasteiger partial charge in [0.25, 0.3) is 5.91 Å². The number of amides is 3. The maximum absolute atomic E-state index is 13.0. The lowest BCUT2D eigenvalue weighted by atomic mass is 10.1. The van der Waals surface area contributed by atoms with Gasteiger partial charge in [0.1, 0.15) is 31.3 Å². The lowest BCUT2D eigenvalue weighted by Crippen LogP contribution is -2.33. The number of aromatic nitrogens is 1. The second-order valence-corrected chi connectivity index (χ2v) is 7.84. The number of alkyl halides is 1. The Hall–Kier alpha value is -3.30. The summed E-state index contributed by atoms with van der Waals surface area (Å²) in [5.41, 5.74) is 0.783. The highest BCUT2D eigenvalue weighted by Crippen LogP contribution is 2.34. The summed E-state index contributed by atoms with van der Waals surface area (Å²) in [5, 5.41) is 10.6. The van der Waals surface area contributed by atoms with Crippen LogP contribution < -0.4 is 9.64 Å². The van der Waals surface area contributed by atoms with Crippen molar-refractivity contribution in [1.29, 1.82) is 0 Å². The van der Waals surface area contributed by atoms with Crippen LogP contribution in [0.15, 0.2) is 36.4 Å². The highest BCUT2D eigenvalue weighted by Gasteiger charge is 2.38. The third kappa shape index (κ3) is 3.96. The number of ether oxygens (including phenoxy) is 1. The van der Waals surface area contributed by atoms with E-state index in [2.05, 4.69) is 4.98 Å². The van der Waals surface area contributed by atoms with E-state index in [-0.39, 0.29) is 41.7 Å². The molecule has 1 aromatic heterocycles. The summed E-state index contributed by atoms with van der Waals surface area (Å²) in [5.74, 6) is -1.42. The van der Waals surface area contributed by atoms with Crippen molar-refractivity contribution < 1.29 is 28.6 Å². The fourth-order valence-electron chi connectivity index (χ4n) is 3.64. The molecule has 11 heteroatoms. The Bertz CT molecular complexity index is 1250. The predicted octanol–water partition coefficient (Wildman–Crippen LogP) is 4.49. The number of carbonyl (C=O) groups excluding carboxylic acids is 2. The van der Waals surface area contributed by atoms with Gasteiger partial charge in [-0.05, 0) is 24.3 Å². The predicted molar refractivity (Wildman–Crippen MR) is 116 cm³/mol. The second kappa shape index (κ2) is 8.68. The Morgan fingerprint density at radius 2 is 2.00 bits per heavy atom. The molecule has 0 bridgehead atoms. The van der Waals surface area contributed by atoms with E-state index in [1.165, 1.54) is 23.1 Å². The zero-order chi connectivity index (χ0) is 23.0. The molecule has 2 heterocycles. The largest absolute Gasteiger partial charge is 0.491 e. The summed E-state index contributed by atoms with van der Waals surface area (Å²) < 4.78 is 17.6. The molecule has 1 aliphatic rings. The topological polar surface area (TPSA) is 103 Å². The first-order chi connectivity index (χ1) is 15.3. The number of hydrogen-bond acceptors (Lipinski definition) is 4. The third-order valence-electron chi connectivity index (χ3n) is 4.94. The minimum absolute atomic E-state index is 0.149. The molecule has 2 N–H and O–H groups in total. The number of aromatic carboxylic acids is 1. The zero-order valence-electron chi connectivity index (χ0n) is 16.4. The molecule has 3 aromatic rings. The van der Waals surface area contributed by atoms with Crippen LogP contribution in [0.1, 0.15) is 16.1 Å². The smallest absolute Gasteiger partial charge is 0.352 e. The highest BCUT2D eigenvalue weighted by atomic mass is 35.5. The normalized spacial score (nSPS) is 14.0. The number of anilines is 1. The number of halogens is 3. The number of nitrogens with zero attached hydrogens (tertiary/aromatic N) is 2. The first kappa shape index (κ1) is 21.9. The van der Waals surface area contributed by atoms with Gasteiger partial charge in [-0.2, -0.15) is 0 Å². The van der Waals surface area contributed by atoms with Crippen molar-refractivity contribution in [3.05, 3.63) is 57.7 Å². The highest BCUT2D eigenvalue weighted by molar-refractivity contribution is 6.39. The van der Waals surface area contributed by atoms with E-state index in [9.17, 15) is 23.9 Å². The number of benzene rings is 2. The molecule has 0 unspecified atom stereocenters. The number of urea groups is 1. The van der Waals surface area contributed by atoms with E-state index in [1.54, 1.807) is 18.2 Å². The van der Waals surface area contributed by atoms with Gasteiger partial charge in [0, 0.05) is 27.6 Å². The monoisotopic (exact) mass is 479 g/mol. The van der Waals surface area contributed by atoms with Gasteiger partial charge in [-0.1, -0.05) is 29.3 Å². The van der Waals surface area contributed by atoms with Crippen LogP contribution in [0, 0.1) is 0 Å². The average Bonchev–Trinajstić information content (AvgIpc) is 3.24. The molecule has 2 aromatic carbocycles. The van der Waals surface area contributed by atoms with Crippen LogP contribution in [-0.4, -0.2) is 52.7 Å². The van der Waals surface area contributed by atoms with Gasteiger partial charge in [-0.3, -0.25) is 4.79 Å². The zero-order valence-corrected chi connectivity index (χ0v) is 17.9. The first-order valence-electron chi connectivity index (χ1n) is 9.43. The summed E-state index contributed by atoms with van der Waals surface area (Å²) in [7, 11) is 0. The fraction of sp³-hybridized carbons (Fsp3) is 0.190. The fourth-order valence-corrected chi connectivity index (χ4v) is 4.25. The summed E-state index contributed by atoms with van der Waals surface area (Å²) in [6, 6.07) is 8.55. The summed E-state index contributed by atoms with van der Waals surface area (Å²) in [6.07, 6.45) is 0. The number of aromatic amines is 1. The Morgan fingerprint density at radius 1 is 1.22 bits per heavy atom. The molecule has 0 saturated carbocycles. The maximum Gasteiger partial charge on any atom is 0.352 e. The molecular weight excluding hydrogens is 464 g/mol. The number of carbonyl (C=O) groups is 3. The number of carboxylic acids is 1. The van der Waals surface area contributed by atoms with Crippen LogP contribution in [-0.2, 0) is 11.3 Å². The Morgan fingerprint density at radius 3 is 2.72 bits per heavy atom. The van der Waals surface area contributed by atoms with Crippen LogP contribution >= 0.6 is 23.2 Å². The summed E-state index contributed by atoms with van der Waals surface area (Å²) in [6.45, 7) is -1.25. The lowest BCUT2D eigenvalue weighted by Gasteiger charge is -2.18. The van der Waals surface area contributed by atoms with Crippen LogP contribution in [0.4, 0.5) is 14.9 Å². The summed E-state index contributed by atoms with van der Waals surface area (Å²) >= 11 is 12.3. The number of fused-ring (bicyclic) bond motifs is 1. The standard InChI is InChI=1S/C21H16Cl2FN3O5/c22-11-6-15(23)18-14(19(20(29)30)25-16(18)7-11)9-26-10-17(28)27(21(26)31)12-2-1-3-13(8-12)32-5-4-24/h1-3,6-8,25H,4-5,9-10H2,(H,29,30). The Balaban J connectivity index is 1.67. The molecule has 1 aliphatic heterocycles. The first-order valence-corrected chi connectivity index (χ1v) is 10.2. The Kier molecular flexibility index (Phi) is 5.94. The minimum Gasteiger partial charge on any atom is -0.491 e. The molecule has 0 radical (unpaired) electrons. The molecule has 0 aliphatic carbocycles. The van der Waals surface area contributed by atoms with E-state index < -0.39 is 24.6 Å². The van der Waals surface area contributed by atoms with Crippen molar-refractivity contribution in [2.24, 2.45) is 0 Å². The molecule has 166 valence electrons. The van der Waals surface area contributed by atoms with Gasteiger partial charge in [-0.15, -0.1) is 0 Å². The lowest BCUT2D eigenvalue weighted by molar-refractivity contribution is -0.116. The molecule has 1 saturated heterocycles. The van der Waals surface area contributed by atoms with Crippen molar-refractivity contribution in [2.45, 2.75) is 6.54 Å². The maximum atomic E-state index is 13.0. The number of carboxylic acid groups (broad SMARTS) is 1. The van der Waals surface area contributed by atoms with Gasteiger partial charge in [0.15, 0.2) is 0 Å². The van der Waals surface area contributed by atoms with E-state index in [0.717, 1.165) is 4.90 Å². The van der Waals surface area contributed by atoms with Crippen molar-refractivity contribution in [3.63, 3.8) is 0 Å². The van der Waals surface area contributed by atoms with Crippen LogP contribution in [0.2, 0.25) is 10.0 Å². The number of imide groups is 1. The van der Waals surface area contributed by atoms with Crippen LogP contribution in [0.5, 0.6) is 5.75 Å². The average molecular weight is 480 g/mol. The van der Waals surface area contributed by atoms with E-state index in [0.29, 0.717) is 21.7 Å². The minimum atomic E-state index is -1.24. The number of nitrogens with one attached hydrogen (secondary N) is 1. The van der Waals surface area contributed by atoms with Crippen molar-refractivity contribution >= 4 is 57.7 Å². The molecule has 3 amide bonds. The van der Waals surface area contributed by atoms with Crippen molar-refractivity contribution in [1.82, 2.24) is 9.88 Å². The summed E-state index contributed by atoms with van der Waals surface area (Å²) in [4.78, 5) is 42.4. The van der Waals surface area contributed by atoms with E-state index in [4.69, 9.17) is 27.9 Å². The van der Waals surface area contributed by atoms with Gasteiger partial charge in [0.05, 0.1) is 17.3 Å². The SMILES string of the molecule is O=C(O)c1[nH]c2cc(Cl)cc(Cl)c2c1CN1CC(=O)N(c2cccc(OCCF)c2)C1=O. The second-order valence-electron chi connectivity index (χ2n) is 7.00. The molecule has 32 heavy (non-hydrogen) atoms. The quantitative estimate of drug-likeness (QED) is 0.486.